The largest absolute Gasteiger partial charge is 0.497 e. The number of ether oxygens (including phenoxy) is 1. The van der Waals surface area contributed by atoms with E-state index in [2.05, 4.69) is 15.5 Å². The Morgan fingerprint density at radius 3 is 2.71 bits per heavy atom. The summed E-state index contributed by atoms with van der Waals surface area (Å²) in [5.41, 5.74) is 1.74. The molecule has 0 fully saturated rings. The number of carbonyl (C=O) groups excluding carboxylic acids is 1. The molecule has 1 amide bonds. The fourth-order valence-electron chi connectivity index (χ4n) is 2.32. The van der Waals surface area contributed by atoms with Gasteiger partial charge in [0.15, 0.2) is 4.34 Å². The van der Waals surface area contributed by atoms with Gasteiger partial charge in [0.2, 0.25) is 11.0 Å². The molecule has 0 saturated carbocycles. The van der Waals surface area contributed by atoms with E-state index in [4.69, 9.17) is 4.74 Å². The third-order valence-electron chi connectivity index (χ3n) is 3.66. The summed E-state index contributed by atoms with van der Waals surface area (Å²) < 4.78 is 5.77. The van der Waals surface area contributed by atoms with Gasteiger partial charge in [-0.05, 0) is 23.3 Å². The van der Waals surface area contributed by atoms with Crippen LogP contribution in [0.4, 0.5) is 10.8 Å². The molecular formula is C18H16N4O4S2. The number of thioether (sulfide) groups is 1. The molecule has 2 aromatic carbocycles. The predicted molar refractivity (Wildman–Crippen MR) is 108 cm³/mol. The number of non-ortho nitro benzene ring substituents is 1. The van der Waals surface area contributed by atoms with Crippen LogP contribution in [0.2, 0.25) is 0 Å². The minimum absolute atomic E-state index is 0.0573. The topological polar surface area (TPSA) is 107 Å². The van der Waals surface area contributed by atoms with Gasteiger partial charge in [-0.3, -0.25) is 14.9 Å². The minimum Gasteiger partial charge on any atom is -0.497 e. The SMILES string of the molecule is COc1ccc(CC(=O)Nc2nnc(SCc3cccc([N+](=O)[O-])c3)s2)cc1. The molecule has 0 bridgehead atoms. The summed E-state index contributed by atoms with van der Waals surface area (Å²) in [6.45, 7) is 0. The molecule has 3 aromatic rings. The highest BCUT2D eigenvalue weighted by atomic mass is 32.2. The van der Waals surface area contributed by atoms with E-state index in [1.807, 2.05) is 18.2 Å². The van der Waals surface area contributed by atoms with E-state index >= 15 is 0 Å². The van der Waals surface area contributed by atoms with E-state index < -0.39 is 4.92 Å². The third kappa shape index (κ3) is 5.51. The molecule has 1 N–H and O–H groups in total. The van der Waals surface area contributed by atoms with E-state index in [-0.39, 0.29) is 18.0 Å². The summed E-state index contributed by atoms with van der Waals surface area (Å²) in [6.07, 6.45) is 0.222. The number of nitrogens with one attached hydrogen (secondary N) is 1. The monoisotopic (exact) mass is 416 g/mol. The van der Waals surface area contributed by atoms with Crippen molar-refractivity contribution in [3.63, 3.8) is 0 Å². The third-order valence-corrected chi connectivity index (χ3v) is 5.70. The van der Waals surface area contributed by atoms with Crippen LogP contribution in [0.5, 0.6) is 5.75 Å². The predicted octanol–water partition coefficient (Wildman–Crippen LogP) is 3.93. The Labute approximate surface area is 169 Å². The van der Waals surface area contributed by atoms with Crippen molar-refractivity contribution < 1.29 is 14.5 Å². The maximum atomic E-state index is 12.2. The Balaban J connectivity index is 1.52. The lowest BCUT2D eigenvalue weighted by atomic mass is 10.1. The van der Waals surface area contributed by atoms with E-state index in [9.17, 15) is 14.9 Å². The molecule has 0 aliphatic rings. The summed E-state index contributed by atoms with van der Waals surface area (Å²) in [6, 6.07) is 13.7. The molecule has 0 aliphatic carbocycles. The van der Waals surface area contributed by atoms with Crippen LogP contribution in [0.1, 0.15) is 11.1 Å². The molecule has 8 nitrogen and oxygen atoms in total. The van der Waals surface area contributed by atoms with Crippen molar-refractivity contribution in [3.05, 3.63) is 69.8 Å². The molecule has 0 radical (unpaired) electrons. The van der Waals surface area contributed by atoms with E-state index in [1.54, 1.807) is 25.3 Å². The van der Waals surface area contributed by atoms with Gasteiger partial charge < -0.3 is 10.1 Å². The number of carbonyl (C=O) groups is 1. The number of amides is 1. The van der Waals surface area contributed by atoms with Crippen LogP contribution >= 0.6 is 23.1 Å². The molecule has 0 spiro atoms. The number of hydrogen-bond donors (Lipinski definition) is 1. The van der Waals surface area contributed by atoms with E-state index in [0.29, 0.717) is 15.2 Å². The highest BCUT2D eigenvalue weighted by molar-refractivity contribution is 8.00. The van der Waals surface area contributed by atoms with Crippen LogP contribution < -0.4 is 10.1 Å². The number of nitro benzene ring substituents is 1. The molecule has 0 saturated heterocycles. The molecule has 28 heavy (non-hydrogen) atoms. The molecule has 1 heterocycles. The number of aromatic nitrogens is 2. The first-order valence-electron chi connectivity index (χ1n) is 8.16. The Hall–Kier alpha value is -2.98. The zero-order valence-corrected chi connectivity index (χ0v) is 16.5. The maximum absolute atomic E-state index is 12.2. The number of methoxy groups -OCH3 is 1. The van der Waals surface area contributed by atoms with Crippen molar-refractivity contribution in [2.75, 3.05) is 12.4 Å². The Kier molecular flexibility index (Phi) is 6.56. The van der Waals surface area contributed by atoms with Gasteiger partial charge in [0.05, 0.1) is 18.5 Å². The van der Waals surface area contributed by atoms with Gasteiger partial charge in [0.25, 0.3) is 5.69 Å². The van der Waals surface area contributed by atoms with Crippen molar-refractivity contribution in [2.45, 2.75) is 16.5 Å². The normalized spacial score (nSPS) is 10.5. The van der Waals surface area contributed by atoms with Gasteiger partial charge in [0.1, 0.15) is 5.75 Å². The lowest BCUT2D eigenvalue weighted by Crippen LogP contribution is -2.14. The molecule has 3 rings (SSSR count). The van der Waals surface area contributed by atoms with Crippen molar-refractivity contribution >= 4 is 39.8 Å². The molecule has 0 aliphatic heterocycles. The van der Waals surface area contributed by atoms with Gasteiger partial charge in [-0.2, -0.15) is 0 Å². The van der Waals surface area contributed by atoms with E-state index in [0.717, 1.165) is 16.9 Å². The summed E-state index contributed by atoms with van der Waals surface area (Å²) in [7, 11) is 1.59. The summed E-state index contributed by atoms with van der Waals surface area (Å²) in [5.74, 6) is 1.08. The fourth-order valence-corrected chi connectivity index (χ4v) is 4.03. The van der Waals surface area contributed by atoms with Crippen LogP contribution in [0.25, 0.3) is 0 Å². The van der Waals surface area contributed by atoms with Gasteiger partial charge in [-0.15, -0.1) is 10.2 Å². The first-order valence-corrected chi connectivity index (χ1v) is 9.96. The van der Waals surface area contributed by atoms with Crippen LogP contribution in [-0.4, -0.2) is 28.1 Å². The fraction of sp³-hybridized carbons (Fsp3) is 0.167. The highest BCUT2D eigenvalue weighted by Crippen LogP contribution is 2.29. The average Bonchev–Trinajstić information content (AvgIpc) is 3.14. The molecule has 10 heteroatoms. The van der Waals surface area contributed by atoms with Gasteiger partial charge in [-0.25, -0.2) is 0 Å². The van der Waals surface area contributed by atoms with Crippen LogP contribution in [0, 0.1) is 10.1 Å². The zero-order valence-electron chi connectivity index (χ0n) is 14.8. The van der Waals surface area contributed by atoms with Crippen molar-refractivity contribution in [1.29, 1.82) is 0 Å². The highest BCUT2D eigenvalue weighted by Gasteiger charge is 2.11. The van der Waals surface area contributed by atoms with Crippen molar-refractivity contribution in [3.8, 4) is 5.75 Å². The first kappa shape index (κ1) is 19.8. The molecule has 0 atom stereocenters. The van der Waals surface area contributed by atoms with Gasteiger partial charge >= 0.3 is 0 Å². The Morgan fingerprint density at radius 1 is 1.21 bits per heavy atom. The lowest BCUT2D eigenvalue weighted by molar-refractivity contribution is -0.384. The van der Waals surface area contributed by atoms with Crippen LogP contribution in [-0.2, 0) is 17.0 Å². The molecule has 0 unspecified atom stereocenters. The second-order valence-corrected chi connectivity index (χ2v) is 7.86. The van der Waals surface area contributed by atoms with E-state index in [1.165, 1.54) is 35.2 Å². The van der Waals surface area contributed by atoms with Crippen molar-refractivity contribution in [2.24, 2.45) is 0 Å². The quantitative estimate of drug-likeness (QED) is 0.257. The maximum Gasteiger partial charge on any atom is 0.269 e. The minimum atomic E-state index is -0.421. The zero-order chi connectivity index (χ0) is 19.9. The number of anilines is 1. The number of nitro groups is 1. The average molecular weight is 416 g/mol. The second kappa shape index (κ2) is 9.29. The van der Waals surface area contributed by atoms with Gasteiger partial charge in [-0.1, -0.05) is 47.4 Å². The molecule has 144 valence electrons. The summed E-state index contributed by atoms with van der Waals surface area (Å²) in [4.78, 5) is 22.6. The standard InChI is InChI=1S/C18H16N4O4S2/c1-26-15-7-5-12(6-8-15)10-16(23)19-17-20-21-18(28-17)27-11-13-3-2-4-14(9-13)22(24)25/h2-9H,10-11H2,1H3,(H,19,20,23). The summed E-state index contributed by atoms with van der Waals surface area (Å²) >= 11 is 2.67. The molecular weight excluding hydrogens is 400 g/mol. The molecule has 1 aromatic heterocycles. The van der Waals surface area contributed by atoms with Crippen LogP contribution in [0.3, 0.4) is 0 Å². The number of nitrogens with zero attached hydrogens (tertiary/aromatic N) is 3. The number of hydrogen-bond acceptors (Lipinski definition) is 8. The van der Waals surface area contributed by atoms with Crippen LogP contribution in [0.15, 0.2) is 52.9 Å². The smallest absolute Gasteiger partial charge is 0.269 e. The number of rotatable bonds is 8. The first-order chi connectivity index (χ1) is 13.5. The second-order valence-electron chi connectivity index (χ2n) is 5.66. The number of benzene rings is 2. The van der Waals surface area contributed by atoms with Gasteiger partial charge in [0, 0.05) is 17.9 Å². The Morgan fingerprint density at radius 2 is 2.00 bits per heavy atom. The Bertz CT molecular complexity index is 976. The lowest BCUT2D eigenvalue weighted by Gasteiger charge is -2.03. The van der Waals surface area contributed by atoms with Crippen molar-refractivity contribution in [1.82, 2.24) is 10.2 Å². The summed E-state index contributed by atoms with van der Waals surface area (Å²) in [5, 5.41) is 22.0.